The molecule has 1 saturated carbocycles. The molecule has 3 aromatic rings. The van der Waals surface area contributed by atoms with E-state index in [9.17, 15) is 22.0 Å². The number of benzene rings is 2. The van der Waals surface area contributed by atoms with Crippen LogP contribution in [0.3, 0.4) is 0 Å². The number of nitrogens with zero attached hydrogens (tertiary/aromatic N) is 2. The van der Waals surface area contributed by atoms with Crippen LogP contribution in [0, 0.1) is 11.8 Å². The van der Waals surface area contributed by atoms with Gasteiger partial charge in [-0.05, 0) is 54.4 Å². The van der Waals surface area contributed by atoms with Crippen molar-refractivity contribution in [3.8, 4) is 0 Å². The van der Waals surface area contributed by atoms with E-state index in [1.807, 2.05) is 30.3 Å². The van der Waals surface area contributed by atoms with E-state index >= 15 is 0 Å². The number of hydrogen-bond acceptors (Lipinski definition) is 6. The summed E-state index contributed by atoms with van der Waals surface area (Å²) in [6.07, 6.45) is 1.61. The van der Waals surface area contributed by atoms with Crippen LogP contribution in [-0.2, 0) is 34.0 Å². The van der Waals surface area contributed by atoms with E-state index in [0.717, 1.165) is 34.8 Å². The Morgan fingerprint density at radius 1 is 1.07 bits per heavy atom. The fourth-order valence-electron chi connectivity index (χ4n) is 5.92. The topological polar surface area (TPSA) is 79.4 Å². The lowest BCUT2D eigenvalue weighted by Crippen LogP contribution is -2.35. The molecule has 1 aliphatic carbocycles. The minimum atomic E-state index is -3.43. The fourth-order valence-corrected chi connectivity index (χ4v) is 8.26. The van der Waals surface area contributed by atoms with Gasteiger partial charge in [-0.1, -0.05) is 56.3 Å². The molecule has 41 heavy (non-hydrogen) atoms. The van der Waals surface area contributed by atoms with Crippen LogP contribution in [0.25, 0.3) is 0 Å². The van der Waals surface area contributed by atoms with Gasteiger partial charge in [-0.2, -0.15) is 0 Å². The number of nitrogens with one attached hydrogen (secondary N) is 1. The average Bonchev–Trinajstić information content (AvgIpc) is 3.46. The quantitative estimate of drug-likeness (QED) is 0.281. The van der Waals surface area contributed by atoms with Crippen LogP contribution < -0.4 is 5.32 Å². The molecule has 1 atom stereocenters. The molecular formula is C31H37F2N3O3S2. The minimum Gasteiger partial charge on any atom is -0.302 e. The summed E-state index contributed by atoms with van der Waals surface area (Å²) in [5, 5.41) is 3.47. The molecule has 2 heterocycles. The monoisotopic (exact) mass is 601 g/mol. The summed E-state index contributed by atoms with van der Waals surface area (Å²) in [4.78, 5) is 21.3. The molecule has 220 valence electrons. The summed E-state index contributed by atoms with van der Waals surface area (Å²) in [6.45, 7) is 5.80. The van der Waals surface area contributed by atoms with Gasteiger partial charge in [0.1, 0.15) is 0 Å². The second-order valence-corrected chi connectivity index (χ2v) is 14.9. The van der Waals surface area contributed by atoms with E-state index in [1.165, 1.54) is 11.3 Å². The van der Waals surface area contributed by atoms with Gasteiger partial charge in [-0.25, -0.2) is 22.2 Å². The van der Waals surface area contributed by atoms with E-state index in [0.29, 0.717) is 30.3 Å². The number of anilines is 1. The van der Waals surface area contributed by atoms with Crippen molar-refractivity contribution in [1.29, 1.82) is 0 Å². The Hall–Kier alpha value is -2.69. The Labute approximate surface area is 245 Å². The number of aryl methyl sites for hydroxylation is 1. The normalized spacial score (nSPS) is 19.4. The number of hydrogen-bond donors (Lipinski definition) is 1. The van der Waals surface area contributed by atoms with Crippen LogP contribution in [0.2, 0.25) is 0 Å². The van der Waals surface area contributed by atoms with E-state index in [2.05, 4.69) is 24.1 Å². The van der Waals surface area contributed by atoms with Gasteiger partial charge in [-0.3, -0.25) is 9.69 Å². The zero-order valence-electron chi connectivity index (χ0n) is 23.5. The summed E-state index contributed by atoms with van der Waals surface area (Å²) in [5.74, 6) is -2.13. The van der Waals surface area contributed by atoms with Gasteiger partial charge in [0.15, 0.2) is 15.0 Å². The Bertz CT molecular complexity index is 1450. The highest BCUT2D eigenvalue weighted by atomic mass is 32.2. The SMILES string of the molecule is CC(C)[C@H]1c2nc(NC(=O)Cc3ccc(S(=O)(=O)CCc4ccccc4)cc3)sc2CN1CC1CCC(F)(F)CC1. The van der Waals surface area contributed by atoms with Crippen molar-refractivity contribution in [2.45, 2.75) is 75.8 Å². The van der Waals surface area contributed by atoms with Crippen LogP contribution in [0.1, 0.15) is 67.3 Å². The fraction of sp³-hybridized carbons (Fsp3) is 0.484. The van der Waals surface area contributed by atoms with Crippen LogP contribution in [0.15, 0.2) is 59.5 Å². The minimum absolute atomic E-state index is 0.0248. The summed E-state index contributed by atoms with van der Waals surface area (Å²) in [7, 11) is -3.43. The van der Waals surface area contributed by atoms with Crippen molar-refractivity contribution in [3.05, 3.63) is 76.3 Å². The number of carbonyl (C=O) groups excluding carboxylic acids is 1. The third-order valence-corrected chi connectivity index (χ3v) is 10.8. The number of halogens is 2. The maximum atomic E-state index is 13.6. The van der Waals surface area contributed by atoms with Gasteiger partial charge in [-0.15, -0.1) is 11.3 Å². The first kappa shape index (κ1) is 29.8. The molecule has 10 heteroatoms. The lowest BCUT2D eigenvalue weighted by Gasteiger charge is -2.34. The highest BCUT2D eigenvalue weighted by molar-refractivity contribution is 7.91. The first-order valence-electron chi connectivity index (χ1n) is 14.3. The largest absolute Gasteiger partial charge is 0.302 e. The number of thiazole rings is 1. The number of carbonyl (C=O) groups is 1. The molecule has 2 aliphatic rings. The molecule has 0 radical (unpaired) electrons. The standard InChI is InChI=1S/C31H37F2N3O3S2/c1-21(2)29-28-26(20-36(29)19-24-12-15-31(32,33)16-13-24)40-30(35-28)34-27(37)18-23-8-10-25(11-9-23)41(38,39)17-14-22-6-4-3-5-7-22/h3-11,21,24,29H,12-20H2,1-2H3,(H,34,35,37)/t29-/m0/s1. The zero-order chi connectivity index (χ0) is 29.2. The number of amides is 1. The molecule has 2 aromatic carbocycles. The molecule has 1 aliphatic heterocycles. The van der Waals surface area contributed by atoms with Crippen molar-refractivity contribution in [2.24, 2.45) is 11.8 Å². The van der Waals surface area contributed by atoms with Crippen molar-refractivity contribution in [2.75, 3.05) is 17.6 Å². The van der Waals surface area contributed by atoms with Gasteiger partial charge >= 0.3 is 0 Å². The zero-order valence-corrected chi connectivity index (χ0v) is 25.1. The van der Waals surface area contributed by atoms with Crippen molar-refractivity contribution < 1.29 is 22.0 Å². The second-order valence-electron chi connectivity index (χ2n) is 11.7. The number of fused-ring (bicyclic) bond motifs is 1. The molecule has 0 spiro atoms. The highest BCUT2D eigenvalue weighted by Gasteiger charge is 2.40. The first-order chi connectivity index (χ1) is 19.5. The van der Waals surface area contributed by atoms with Crippen molar-refractivity contribution in [1.82, 2.24) is 9.88 Å². The number of aromatic nitrogens is 1. The maximum Gasteiger partial charge on any atom is 0.248 e. The van der Waals surface area contributed by atoms with Gasteiger partial charge in [0, 0.05) is 30.8 Å². The number of alkyl halides is 2. The molecule has 0 saturated heterocycles. The number of rotatable bonds is 10. The first-order valence-corrected chi connectivity index (χ1v) is 16.7. The molecule has 1 amide bonds. The van der Waals surface area contributed by atoms with Crippen LogP contribution in [0.4, 0.5) is 13.9 Å². The third-order valence-electron chi connectivity index (χ3n) is 8.10. The van der Waals surface area contributed by atoms with Gasteiger partial charge in [0.05, 0.1) is 28.8 Å². The lowest BCUT2D eigenvalue weighted by molar-refractivity contribution is -0.115. The van der Waals surface area contributed by atoms with Gasteiger partial charge < -0.3 is 5.32 Å². The van der Waals surface area contributed by atoms with Crippen LogP contribution in [0.5, 0.6) is 0 Å². The Morgan fingerprint density at radius 3 is 2.41 bits per heavy atom. The molecular weight excluding hydrogens is 564 g/mol. The smallest absolute Gasteiger partial charge is 0.248 e. The van der Waals surface area contributed by atoms with Gasteiger partial charge in [0.25, 0.3) is 0 Å². The molecule has 0 bridgehead atoms. The molecule has 6 nitrogen and oxygen atoms in total. The third kappa shape index (κ3) is 7.40. The Balaban J connectivity index is 1.16. The summed E-state index contributed by atoms with van der Waals surface area (Å²) >= 11 is 1.47. The lowest BCUT2D eigenvalue weighted by atomic mass is 9.86. The molecule has 1 N–H and O–H groups in total. The Kier molecular flexibility index (Phi) is 8.92. The van der Waals surface area contributed by atoms with Crippen LogP contribution >= 0.6 is 11.3 Å². The van der Waals surface area contributed by atoms with E-state index < -0.39 is 15.8 Å². The van der Waals surface area contributed by atoms with Gasteiger partial charge in [0.2, 0.25) is 11.8 Å². The van der Waals surface area contributed by atoms with Crippen molar-refractivity contribution in [3.63, 3.8) is 0 Å². The molecule has 0 unspecified atom stereocenters. The number of sulfone groups is 1. The highest BCUT2D eigenvalue weighted by Crippen LogP contribution is 2.44. The summed E-state index contributed by atoms with van der Waals surface area (Å²) in [6, 6.07) is 16.1. The predicted molar refractivity (Wildman–Crippen MR) is 158 cm³/mol. The maximum absolute atomic E-state index is 13.6. The predicted octanol–water partition coefficient (Wildman–Crippen LogP) is 6.68. The summed E-state index contributed by atoms with van der Waals surface area (Å²) in [5.41, 5.74) is 2.67. The molecule has 1 fully saturated rings. The molecule has 1 aromatic heterocycles. The van der Waals surface area contributed by atoms with Crippen LogP contribution in [-0.4, -0.2) is 42.4 Å². The average molecular weight is 602 g/mol. The van der Waals surface area contributed by atoms with E-state index in [1.54, 1.807) is 24.3 Å². The molecule has 5 rings (SSSR count). The second kappa shape index (κ2) is 12.3. The van der Waals surface area contributed by atoms with E-state index in [-0.39, 0.29) is 47.8 Å². The van der Waals surface area contributed by atoms with E-state index in [4.69, 9.17) is 4.98 Å². The Morgan fingerprint density at radius 2 is 1.76 bits per heavy atom. The summed E-state index contributed by atoms with van der Waals surface area (Å²) < 4.78 is 52.8. The van der Waals surface area contributed by atoms with Crippen molar-refractivity contribution >= 4 is 32.2 Å².